The first-order chi connectivity index (χ1) is 7.68. The highest BCUT2D eigenvalue weighted by molar-refractivity contribution is 4.70. The normalized spacial score (nSPS) is 23.6. The summed E-state index contributed by atoms with van der Waals surface area (Å²) in [6, 6.07) is 0. The zero-order valence-corrected chi connectivity index (χ0v) is 11.2. The van der Waals surface area contributed by atoms with E-state index >= 15 is 0 Å². The second kappa shape index (κ2) is 8.04. The minimum Gasteiger partial charge on any atom is -0.380 e. The molecule has 0 aromatic heterocycles. The first kappa shape index (κ1) is 13.9. The topological polar surface area (TPSA) is 24.5 Å². The van der Waals surface area contributed by atoms with E-state index in [1.807, 2.05) is 0 Å². The fourth-order valence-corrected chi connectivity index (χ4v) is 2.00. The molecule has 96 valence electrons. The van der Waals surface area contributed by atoms with Gasteiger partial charge in [0.25, 0.3) is 0 Å². The van der Waals surface area contributed by atoms with Gasteiger partial charge in [0.05, 0.1) is 6.61 Å². The molecule has 3 nitrogen and oxygen atoms in total. The molecule has 0 amide bonds. The maximum absolute atomic E-state index is 5.66. The molecular formula is C13H28N2O. The van der Waals surface area contributed by atoms with Gasteiger partial charge in [-0.1, -0.05) is 20.8 Å². The van der Waals surface area contributed by atoms with Crippen molar-refractivity contribution < 1.29 is 4.74 Å². The molecule has 1 aliphatic heterocycles. The summed E-state index contributed by atoms with van der Waals surface area (Å²) in [7, 11) is 0. The molecule has 1 saturated heterocycles. The molecule has 0 aliphatic carbocycles. The monoisotopic (exact) mass is 228 g/mol. The van der Waals surface area contributed by atoms with Crippen molar-refractivity contribution in [3.8, 4) is 0 Å². The molecule has 1 heterocycles. The molecule has 0 spiro atoms. The Bertz CT molecular complexity index is 173. The second-order valence-corrected chi connectivity index (χ2v) is 5.40. The fraction of sp³-hybridized carbons (Fsp3) is 1.00. The summed E-state index contributed by atoms with van der Waals surface area (Å²) >= 11 is 0. The number of hydrogen-bond acceptors (Lipinski definition) is 3. The summed E-state index contributed by atoms with van der Waals surface area (Å²) < 4.78 is 5.66. The van der Waals surface area contributed by atoms with Gasteiger partial charge in [0.15, 0.2) is 0 Å². The largest absolute Gasteiger partial charge is 0.380 e. The average molecular weight is 228 g/mol. The maximum atomic E-state index is 5.66. The van der Waals surface area contributed by atoms with Gasteiger partial charge in [-0.05, 0) is 24.8 Å². The smallest absolute Gasteiger partial charge is 0.0593 e. The first-order valence-corrected chi connectivity index (χ1v) is 6.69. The summed E-state index contributed by atoms with van der Waals surface area (Å²) in [6.45, 7) is 14.3. The van der Waals surface area contributed by atoms with Crippen LogP contribution in [0.3, 0.4) is 0 Å². The van der Waals surface area contributed by atoms with E-state index in [4.69, 9.17) is 4.74 Å². The van der Waals surface area contributed by atoms with E-state index in [2.05, 4.69) is 31.0 Å². The van der Waals surface area contributed by atoms with Gasteiger partial charge in [-0.25, -0.2) is 0 Å². The molecule has 1 aliphatic rings. The lowest BCUT2D eigenvalue weighted by atomic mass is 10.1. The predicted octanol–water partition coefficient (Wildman–Crippen LogP) is 1.59. The highest BCUT2D eigenvalue weighted by atomic mass is 16.5. The Balaban J connectivity index is 2.02. The van der Waals surface area contributed by atoms with Gasteiger partial charge in [0.2, 0.25) is 0 Å². The molecule has 1 rings (SSSR count). The summed E-state index contributed by atoms with van der Waals surface area (Å²) in [5.41, 5.74) is 0. The van der Waals surface area contributed by atoms with E-state index in [1.165, 1.54) is 13.0 Å². The third-order valence-electron chi connectivity index (χ3n) is 3.06. The summed E-state index contributed by atoms with van der Waals surface area (Å²) in [5.74, 6) is 1.51. The zero-order chi connectivity index (χ0) is 11.8. The first-order valence-electron chi connectivity index (χ1n) is 6.69. The molecule has 1 unspecified atom stereocenters. The number of hydrogen-bond donors (Lipinski definition) is 1. The van der Waals surface area contributed by atoms with Crippen LogP contribution in [0.2, 0.25) is 0 Å². The molecule has 1 fully saturated rings. The minimum absolute atomic E-state index is 0.752. The molecule has 0 saturated carbocycles. The van der Waals surface area contributed by atoms with Crippen LogP contribution in [0.5, 0.6) is 0 Å². The number of nitrogens with one attached hydrogen (secondary N) is 1. The number of ether oxygens (including phenoxy) is 1. The van der Waals surface area contributed by atoms with Gasteiger partial charge in [-0.15, -0.1) is 0 Å². The molecule has 0 bridgehead atoms. The minimum atomic E-state index is 0.752. The Kier molecular flexibility index (Phi) is 7.01. The van der Waals surface area contributed by atoms with Crippen LogP contribution >= 0.6 is 0 Å². The summed E-state index contributed by atoms with van der Waals surface area (Å²) in [5, 5.41) is 3.46. The molecule has 1 N–H and O–H groups in total. The third-order valence-corrected chi connectivity index (χ3v) is 3.06. The van der Waals surface area contributed by atoms with Crippen LogP contribution < -0.4 is 5.32 Å². The predicted molar refractivity (Wildman–Crippen MR) is 68.7 cm³/mol. The molecule has 3 heteroatoms. The Morgan fingerprint density at radius 2 is 2.19 bits per heavy atom. The van der Waals surface area contributed by atoms with Crippen molar-refractivity contribution in [3.05, 3.63) is 0 Å². The van der Waals surface area contributed by atoms with Crippen LogP contribution in [-0.2, 0) is 4.74 Å². The van der Waals surface area contributed by atoms with E-state index in [9.17, 15) is 0 Å². The Labute approximate surface area is 101 Å². The summed E-state index contributed by atoms with van der Waals surface area (Å²) in [4.78, 5) is 2.51. The number of rotatable bonds is 6. The fourth-order valence-electron chi connectivity index (χ4n) is 2.00. The van der Waals surface area contributed by atoms with Crippen molar-refractivity contribution in [3.63, 3.8) is 0 Å². The molecule has 0 radical (unpaired) electrons. The van der Waals surface area contributed by atoms with E-state index in [1.54, 1.807) is 0 Å². The van der Waals surface area contributed by atoms with E-state index in [0.29, 0.717) is 0 Å². The Morgan fingerprint density at radius 1 is 1.38 bits per heavy atom. The molecule has 1 atom stereocenters. The van der Waals surface area contributed by atoms with Crippen molar-refractivity contribution >= 4 is 0 Å². The highest BCUT2D eigenvalue weighted by Crippen LogP contribution is 2.03. The highest BCUT2D eigenvalue weighted by Gasteiger charge is 2.13. The van der Waals surface area contributed by atoms with Crippen LogP contribution in [0, 0.1) is 11.8 Å². The van der Waals surface area contributed by atoms with Crippen molar-refractivity contribution in [2.75, 3.05) is 45.9 Å². The Hall–Kier alpha value is -0.120. The van der Waals surface area contributed by atoms with E-state index in [0.717, 1.165) is 51.2 Å². The van der Waals surface area contributed by atoms with Crippen LogP contribution in [0.25, 0.3) is 0 Å². The van der Waals surface area contributed by atoms with Gasteiger partial charge in [0, 0.05) is 32.8 Å². The molecule has 0 aromatic carbocycles. The van der Waals surface area contributed by atoms with Crippen molar-refractivity contribution in [1.82, 2.24) is 10.2 Å². The maximum Gasteiger partial charge on any atom is 0.0593 e. The van der Waals surface area contributed by atoms with E-state index in [-0.39, 0.29) is 0 Å². The molecular weight excluding hydrogens is 200 g/mol. The number of nitrogens with zero attached hydrogens (tertiary/aromatic N) is 1. The zero-order valence-electron chi connectivity index (χ0n) is 11.2. The standard InChI is InChI=1S/C13H28N2O/c1-12(2)4-8-16-9-7-15-6-5-14-10-13(3)11-15/h12-14H,4-11H2,1-3H3. The van der Waals surface area contributed by atoms with Gasteiger partial charge in [0.1, 0.15) is 0 Å². The van der Waals surface area contributed by atoms with Crippen molar-refractivity contribution in [1.29, 1.82) is 0 Å². The lowest BCUT2D eigenvalue weighted by molar-refractivity contribution is 0.0950. The second-order valence-electron chi connectivity index (χ2n) is 5.40. The van der Waals surface area contributed by atoms with Crippen LogP contribution in [-0.4, -0.2) is 50.8 Å². The van der Waals surface area contributed by atoms with Crippen molar-refractivity contribution in [2.45, 2.75) is 27.2 Å². The quantitative estimate of drug-likeness (QED) is 0.699. The third kappa shape index (κ3) is 6.46. The average Bonchev–Trinajstić information content (AvgIpc) is 2.42. The van der Waals surface area contributed by atoms with Crippen LogP contribution in [0.15, 0.2) is 0 Å². The van der Waals surface area contributed by atoms with Gasteiger partial charge < -0.3 is 10.1 Å². The van der Waals surface area contributed by atoms with Gasteiger partial charge >= 0.3 is 0 Å². The SMILES string of the molecule is CC(C)CCOCCN1CCNCC(C)C1. The summed E-state index contributed by atoms with van der Waals surface area (Å²) in [6.07, 6.45) is 1.18. The van der Waals surface area contributed by atoms with Crippen molar-refractivity contribution in [2.24, 2.45) is 11.8 Å². The van der Waals surface area contributed by atoms with E-state index < -0.39 is 0 Å². The molecule has 0 aromatic rings. The van der Waals surface area contributed by atoms with Crippen LogP contribution in [0.4, 0.5) is 0 Å². The van der Waals surface area contributed by atoms with Gasteiger partial charge in [-0.3, -0.25) is 4.90 Å². The lowest BCUT2D eigenvalue weighted by Gasteiger charge is -2.21. The van der Waals surface area contributed by atoms with Crippen LogP contribution in [0.1, 0.15) is 27.2 Å². The Morgan fingerprint density at radius 3 is 2.94 bits per heavy atom. The van der Waals surface area contributed by atoms with Gasteiger partial charge in [-0.2, -0.15) is 0 Å². The lowest BCUT2D eigenvalue weighted by Crippen LogP contribution is -2.32. The molecule has 16 heavy (non-hydrogen) atoms.